The number of allylic oxidation sites excluding steroid dienone is 4. The number of esters is 3. The second-order valence-electron chi connectivity index (χ2n) is 24.1. The minimum Gasteiger partial charge on any atom is -0.462 e. The number of unbranched alkanes of at least 4 members (excludes halogenated alkanes) is 51. The van der Waals surface area contributed by atoms with E-state index in [0.717, 1.165) is 57.8 Å². The fraction of sp³-hybridized carbons (Fsp3) is 0.903. The second-order valence-corrected chi connectivity index (χ2v) is 24.1. The van der Waals surface area contributed by atoms with Crippen molar-refractivity contribution in [2.75, 3.05) is 13.2 Å². The van der Waals surface area contributed by atoms with Gasteiger partial charge in [-0.15, -0.1) is 0 Å². The lowest BCUT2D eigenvalue weighted by Gasteiger charge is -2.18. The molecule has 0 fully saturated rings. The molecule has 0 spiro atoms. The van der Waals surface area contributed by atoms with Crippen LogP contribution < -0.4 is 0 Å². The number of hydrogen-bond acceptors (Lipinski definition) is 6. The third-order valence-corrected chi connectivity index (χ3v) is 16.2. The minimum atomic E-state index is -0.769. The highest BCUT2D eigenvalue weighted by Crippen LogP contribution is 2.18. The van der Waals surface area contributed by atoms with Crippen LogP contribution in [0.3, 0.4) is 0 Å². The van der Waals surface area contributed by atoms with Crippen LogP contribution in [0.5, 0.6) is 0 Å². The quantitative estimate of drug-likeness (QED) is 0.0261. The standard InChI is InChI=1S/C72H136O6/c1-4-7-10-13-16-19-22-25-27-29-30-31-32-33-34-35-36-37-38-39-40-41-42-44-45-47-50-53-56-59-62-65-71(74)77-68-69(67-76-70(73)64-61-58-55-52-49-24-21-18-15-12-9-6-3)78-72(75)66-63-60-57-54-51-48-46-43-28-26-23-20-17-14-11-8-5-2/h26,28-30,69H,4-25,27,31-68H2,1-3H3/b28-26-,30-29-. The van der Waals surface area contributed by atoms with Crippen molar-refractivity contribution in [3.8, 4) is 0 Å². The van der Waals surface area contributed by atoms with Gasteiger partial charge < -0.3 is 14.2 Å². The lowest BCUT2D eigenvalue weighted by Crippen LogP contribution is -2.30. The van der Waals surface area contributed by atoms with Crippen molar-refractivity contribution in [3.63, 3.8) is 0 Å². The lowest BCUT2D eigenvalue weighted by molar-refractivity contribution is -0.167. The summed E-state index contributed by atoms with van der Waals surface area (Å²) < 4.78 is 17.0. The first kappa shape index (κ1) is 75.9. The molecule has 0 N–H and O–H groups in total. The van der Waals surface area contributed by atoms with Crippen LogP contribution in [0.15, 0.2) is 24.3 Å². The van der Waals surface area contributed by atoms with E-state index in [-0.39, 0.29) is 31.1 Å². The van der Waals surface area contributed by atoms with Crippen LogP contribution >= 0.6 is 0 Å². The lowest BCUT2D eigenvalue weighted by atomic mass is 10.0. The third kappa shape index (κ3) is 64.7. The van der Waals surface area contributed by atoms with Crippen molar-refractivity contribution in [1.82, 2.24) is 0 Å². The van der Waals surface area contributed by atoms with E-state index >= 15 is 0 Å². The Morgan fingerprint density at radius 1 is 0.244 bits per heavy atom. The molecular formula is C72H136O6. The maximum absolute atomic E-state index is 12.9. The number of carbonyl (C=O) groups excluding carboxylic acids is 3. The normalized spacial score (nSPS) is 12.1. The van der Waals surface area contributed by atoms with Crippen LogP contribution in [0.1, 0.15) is 400 Å². The van der Waals surface area contributed by atoms with Crippen LogP contribution in [0.2, 0.25) is 0 Å². The van der Waals surface area contributed by atoms with Crippen LogP contribution in [-0.2, 0) is 28.6 Å². The molecule has 0 saturated heterocycles. The summed E-state index contributed by atoms with van der Waals surface area (Å²) in [5.74, 6) is -0.842. The molecule has 1 atom stereocenters. The van der Waals surface area contributed by atoms with Crippen LogP contribution in [0.25, 0.3) is 0 Å². The van der Waals surface area contributed by atoms with Gasteiger partial charge in [-0.05, 0) is 70.6 Å². The summed E-state index contributed by atoms with van der Waals surface area (Å²) in [7, 11) is 0. The molecule has 1 unspecified atom stereocenters. The third-order valence-electron chi connectivity index (χ3n) is 16.2. The van der Waals surface area contributed by atoms with Crippen molar-refractivity contribution < 1.29 is 28.6 Å². The monoisotopic (exact) mass is 1100 g/mol. The van der Waals surface area contributed by atoms with Gasteiger partial charge in [0.1, 0.15) is 13.2 Å². The number of ether oxygens (including phenoxy) is 3. The Kier molecular flexibility index (Phi) is 65.6. The first-order chi connectivity index (χ1) is 38.5. The molecule has 0 aliphatic heterocycles. The minimum absolute atomic E-state index is 0.0667. The van der Waals surface area contributed by atoms with Gasteiger partial charge in [0.05, 0.1) is 0 Å². The zero-order valence-corrected chi connectivity index (χ0v) is 53.0. The fourth-order valence-electron chi connectivity index (χ4n) is 10.8. The summed E-state index contributed by atoms with van der Waals surface area (Å²) in [5, 5.41) is 0. The van der Waals surface area contributed by atoms with Crippen molar-refractivity contribution in [2.45, 2.75) is 406 Å². The van der Waals surface area contributed by atoms with Crippen molar-refractivity contribution >= 4 is 17.9 Å². The summed E-state index contributed by atoms with van der Waals surface area (Å²) in [6.45, 7) is 6.70. The Hall–Kier alpha value is -2.11. The summed E-state index contributed by atoms with van der Waals surface area (Å²) in [6.07, 6.45) is 82.2. The van der Waals surface area contributed by atoms with E-state index in [1.165, 1.54) is 302 Å². The van der Waals surface area contributed by atoms with Gasteiger partial charge in [-0.1, -0.05) is 334 Å². The topological polar surface area (TPSA) is 78.9 Å². The molecule has 0 amide bonds. The van der Waals surface area contributed by atoms with Gasteiger partial charge in [-0.25, -0.2) is 0 Å². The van der Waals surface area contributed by atoms with Crippen molar-refractivity contribution in [3.05, 3.63) is 24.3 Å². The molecule has 0 aromatic carbocycles. The molecule has 0 aliphatic rings. The highest BCUT2D eigenvalue weighted by atomic mass is 16.6. The largest absolute Gasteiger partial charge is 0.462 e. The highest BCUT2D eigenvalue weighted by molar-refractivity contribution is 5.71. The predicted molar refractivity (Wildman–Crippen MR) is 340 cm³/mol. The zero-order chi connectivity index (χ0) is 56.4. The van der Waals surface area contributed by atoms with Gasteiger partial charge in [0.2, 0.25) is 0 Å². The van der Waals surface area contributed by atoms with Gasteiger partial charge >= 0.3 is 17.9 Å². The van der Waals surface area contributed by atoms with Crippen molar-refractivity contribution in [1.29, 1.82) is 0 Å². The van der Waals surface area contributed by atoms with Crippen LogP contribution in [-0.4, -0.2) is 37.2 Å². The number of rotatable bonds is 66. The van der Waals surface area contributed by atoms with Crippen LogP contribution in [0, 0.1) is 0 Å². The Labute approximate surface area is 487 Å². The fourth-order valence-corrected chi connectivity index (χ4v) is 10.8. The second kappa shape index (κ2) is 67.4. The number of carbonyl (C=O) groups is 3. The summed E-state index contributed by atoms with van der Waals surface area (Å²) in [5.41, 5.74) is 0. The average Bonchev–Trinajstić information content (AvgIpc) is 3.44. The molecule has 6 nitrogen and oxygen atoms in total. The van der Waals surface area contributed by atoms with Gasteiger partial charge in [-0.2, -0.15) is 0 Å². The van der Waals surface area contributed by atoms with Gasteiger partial charge in [0.25, 0.3) is 0 Å². The molecule has 0 bridgehead atoms. The van der Waals surface area contributed by atoms with Crippen molar-refractivity contribution in [2.24, 2.45) is 0 Å². The van der Waals surface area contributed by atoms with E-state index in [9.17, 15) is 14.4 Å². The zero-order valence-electron chi connectivity index (χ0n) is 53.0. The first-order valence-electron chi connectivity index (χ1n) is 35.3. The maximum Gasteiger partial charge on any atom is 0.306 e. The Morgan fingerprint density at radius 3 is 0.641 bits per heavy atom. The van der Waals surface area contributed by atoms with E-state index < -0.39 is 6.10 Å². The summed E-state index contributed by atoms with van der Waals surface area (Å²) in [6, 6.07) is 0. The van der Waals surface area contributed by atoms with E-state index in [4.69, 9.17) is 14.2 Å². The first-order valence-corrected chi connectivity index (χ1v) is 35.3. The van der Waals surface area contributed by atoms with Crippen LogP contribution in [0.4, 0.5) is 0 Å². The Morgan fingerprint density at radius 2 is 0.423 bits per heavy atom. The molecule has 0 saturated carbocycles. The molecule has 0 rings (SSSR count). The molecule has 78 heavy (non-hydrogen) atoms. The molecule has 0 heterocycles. The van der Waals surface area contributed by atoms with E-state index in [1.807, 2.05) is 0 Å². The Bertz CT molecular complexity index is 1260. The predicted octanol–water partition coefficient (Wildman–Crippen LogP) is 24.2. The molecule has 6 heteroatoms. The molecule has 0 aliphatic carbocycles. The SMILES string of the molecule is CCCCCCCC/C=C\CCCCCCCCCC(=O)OC(COC(=O)CCCCCCCCCCCCCC)COC(=O)CCCCCCCCCCCCCCCCCCCCC/C=C\CCCCCCCCCC. The highest BCUT2D eigenvalue weighted by Gasteiger charge is 2.19. The molecule has 0 radical (unpaired) electrons. The van der Waals surface area contributed by atoms with Gasteiger partial charge in [0.15, 0.2) is 6.10 Å². The average molecular weight is 1100 g/mol. The summed E-state index contributed by atoms with van der Waals surface area (Å²) >= 11 is 0. The molecule has 0 aromatic heterocycles. The van der Waals surface area contributed by atoms with Gasteiger partial charge in [0, 0.05) is 19.3 Å². The molecular weight excluding hydrogens is 961 g/mol. The molecule has 0 aromatic rings. The molecule has 460 valence electrons. The van der Waals surface area contributed by atoms with E-state index in [0.29, 0.717) is 19.3 Å². The Balaban J connectivity index is 4.11. The summed E-state index contributed by atoms with van der Waals surface area (Å²) in [4.78, 5) is 38.3. The van der Waals surface area contributed by atoms with E-state index in [2.05, 4.69) is 45.1 Å². The maximum atomic E-state index is 12.9. The van der Waals surface area contributed by atoms with Gasteiger partial charge in [-0.3, -0.25) is 14.4 Å². The van der Waals surface area contributed by atoms with E-state index in [1.54, 1.807) is 0 Å². The number of hydrogen-bond donors (Lipinski definition) is 0. The smallest absolute Gasteiger partial charge is 0.306 e.